The van der Waals surface area contributed by atoms with Crippen LogP contribution in [0.1, 0.15) is 35.4 Å². The first-order valence-electron chi connectivity index (χ1n) is 12.0. The van der Waals surface area contributed by atoms with Crippen molar-refractivity contribution < 1.29 is 9.84 Å². The number of nitrogens with one attached hydrogen (secondary N) is 1. The minimum atomic E-state index is -1.03. The topological polar surface area (TPSA) is 54.4 Å². The van der Waals surface area contributed by atoms with Crippen LogP contribution < -0.4 is 10.1 Å². The van der Waals surface area contributed by atoms with Crippen molar-refractivity contribution in [2.24, 2.45) is 5.92 Å². The number of piperidine rings is 1. The molecule has 0 bridgehead atoms. The van der Waals surface area contributed by atoms with E-state index in [1.807, 2.05) is 24.3 Å². The van der Waals surface area contributed by atoms with Crippen LogP contribution in [-0.4, -0.2) is 35.9 Å². The average molecular weight is 534 g/mol. The molecule has 1 aliphatic heterocycles. The highest BCUT2D eigenvalue weighted by Crippen LogP contribution is 2.47. The second kappa shape index (κ2) is 10.9. The Morgan fingerprint density at radius 2 is 2.03 bits per heavy atom. The van der Waals surface area contributed by atoms with Gasteiger partial charge in [-0.05, 0) is 61.7 Å². The van der Waals surface area contributed by atoms with Crippen LogP contribution in [0.3, 0.4) is 0 Å². The number of hydrogen-bond donors (Lipinski definition) is 2. The van der Waals surface area contributed by atoms with E-state index in [2.05, 4.69) is 77.7 Å². The second-order valence-electron chi connectivity index (χ2n) is 9.30. The third kappa shape index (κ3) is 5.27. The third-order valence-corrected chi connectivity index (χ3v) is 7.55. The largest absolute Gasteiger partial charge is 0.481 e. The summed E-state index contributed by atoms with van der Waals surface area (Å²) in [4.78, 5) is 4.85. The lowest BCUT2D eigenvalue weighted by Gasteiger charge is -2.46. The Morgan fingerprint density at radius 1 is 1.26 bits per heavy atom. The molecule has 5 heteroatoms. The third-order valence-electron chi connectivity index (χ3n) is 7.06. The average Bonchev–Trinajstić information content (AvgIpc) is 2.86. The molecule has 1 fully saturated rings. The number of aryl methyl sites for hydroxylation is 1. The molecule has 0 radical (unpaired) electrons. The summed E-state index contributed by atoms with van der Waals surface area (Å²) in [5.74, 6) is 0.173. The van der Waals surface area contributed by atoms with Crippen molar-refractivity contribution in [3.05, 3.63) is 107 Å². The van der Waals surface area contributed by atoms with E-state index in [0.717, 1.165) is 38.6 Å². The smallest absolute Gasteiger partial charge is 0.217 e. The zero-order valence-corrected chi connectivity index (χ0v) is 22.0. The van der Waals surface area contributed by atoms with E-state index in [1.54, 1.807) is 13.2 Å². The fourth-order valence-corrected chi connectivity index (χ4v) is 5.62. The van der Waals surface area contributed by atoms with Gasteiger partial charge < -0.3 is 15.2 Å². The Kier molecular flexibility index (Phi) is 7.90. The molecule has 3 aromatic rings. The van der Waals surface area contributed by atoms with Crippen LogP contribution in [0.5, 0.6) is 5.88 Å². The highest BCUT2D eigenvalue weighted by molar-refractivity contribution is 9.10. The Bertz CT molecular complexity index is 1250. The number of ether oxygens (including phenoxy) is 1. The van der Waals surface area contributed by atoms with Crippen molar-refractivity contribution >= 4 is 26.8 Å². The predicted octanol–water partition coefficient (Wildman–Crippen LogP) is 6.48. The summed E-state index contributed by atoms with van der Waals surface area (Å²) in [5.41, 5.74) is 4.00. The van der Waals surface area contributed by atoms with Crippen LogP contribution in [0, 0.1) is 12.8 Å². The monoisotopic (exact) mass is 532 g/mol. The van der Waals surface area contributed by atoms with Crippen LogP contribution >= 0.6 is 15.9 Å². The molecular formula is C30H33BrN2O2. The molecule has 0 spiro atoms. The van der Waals surface area contributed by atoms with Gasteiger partial charge in [-0.15, -0.1) is 0 Å². The Balaban J connectivity index is 1.93. The number of benzene rings is 2. The van der Waals surface area contributed by atoms with Gasteiger partial charge >= 0.3 is 0 Å². The first kappa shape index (κ1) is 25.4. The van der Waals surface area contributed by atoms with E-state index in [0.29, 0.717) is 25.3 Å². The molecular weight excluding hydrogens is 500 g/mol. The number of aromatic nitrogens is 1. The number of aliphatic hydroxyl groups is 1. The maximum absolute atomic E-state index is 12.6. The Hall–Kier alpha value is -2.73. The summed E-state index contributed by atoms with van der Waals surface area (Å²) < 4.78 is 6.82. The first-order valence-corrected chi connectivity index (χ1v) is 12.8. The normalized spacial score (nSPS) is 21.5. The first-order chi connectivity index (χ1) is 16.9. The molecule has 2 N–H and O–H groups in total. The minimum absolute atomic E-state index is 0.0466. The summed E-state index contributed by atoms with van der Waals surface area (Å²) in [6.45, 7) is 11.3. The van der Waals surface area contributed by atoms with Crippen molar-refractivity contribution in [3.63, 3.8) is 0 Å². The van der Waals surface area contributed by atoms with Gasteiger partial charge in [-0.1, -0.05) is 77.1 Å². The lowest BCUT2D eigenvalue weighted by atomic mass is 9.66. The van der Waals surface area contributed by atoms with Gasteiger partial charge in [-0.2, -0.15) is 0 Å². The molecule has 1 aliphatic rings. The molecule has 0 amide bonds. The number of halogens is 1. The molecule has 2 heterocycles. The van der Waals surface area contributed by atoms with Crippen LogP contribution in [0.4, 0.5) is 0 Å². The van der Waals surface area contributed by atoms with Crippen molar-refractivity contribution in [2.45, 2.75) is 31.3 Å². The SMILES string of the molecule is C=C/C=C(\C=C)CC1CNCCC1(O)C(c1ccc(C)cc1)c1cc2cc(Br)ccc2nc1OC. The zero-order valence-electron chi connectivity index (χ0n) is 20.4. The molecule has 1 aromatic heterocycles. The molecule has 35 heavy (non-hydrogen) atoms. The quantitative estimate of drug-likeness (QED) is 0.326. The predicted molar refractivity (Wildman–Crippen MR) is 148 cm³/mol. The van der Waals surface area contributed by atoms with E-state index in [-0.39, 0.29) is 11.8 Å². The van der Waals surface area contributed by atoms with Gasteiger partial charge in [0.1, 0.15) is 0 Å². The fraction of sp³-hybridized carbons (Fsp3) is 0.300. The number of nitrogens with zero attached hydrogens (tertiary/aromatic N) is 1. The lowest BCUT2D eigenvalue weighted by molar-refractivity contribution is -0.0541. The molecule has 3 atom stereocenters. The Labute approximate surface area is 216 Å². The summed E-state index contributed by atoms with van der Waals surface area (Å²) in [7, 11) is 1.65. The van der Waals surface area contributed by atoms with Crippen LogP contribution in [-0.2, 0) is 0 Å². The summed E-state index contributed by atoms with van der Waals surface area (Å²) in [6.07, 6.45) is 6.90. The van der Waals surface area contributed by atoms with Crippen LogP contribution in [0.15, 0.2) is 90.0 Å². The fourth-order valence-electron chi connectivity index (χ4n) is 5.24. The van der Waals surface area contributed by atoms with E-state index in [4.69, 9.17) is 9.72 Å². The second-order valence-corrected chi connectivity index (χ2v) is 10.2. The lowest BCUT2D eigenvalue weighted by Crippen LogP contribution is -2.54. The standard InChI is InChI=1S/C30H33BrN2O2/c1-5-7-21(6-2)16-24-19-32-15-14-30(24,34)28(22-10-8-20(3)9-11-22)26-18-23-17-25(31)12-13-27(23)33-29(26)35-4/h5-13,17-18,24,28,32,34H,1-2,14-16,19H2,3-4H3/b21-7+. The van der Waals surface area contributed by atoms with E-state index in [1.165, 1.54) is 5.56 Å². The molecule has 182 valence electrons. The number of allylic oxidation sites excluding steroid dienone is 4. The van der Waals surface area contributed by atoms with Gasteiger partial charge in [0.2, 0.25) is 5.88 Å². The van der Waals surface area contributed by atoms with Gasteiger partial charge in [-0.3, -0.25) is 0 Å². The van der Waals surface area contributed by atoms with E-state index >= 15 is 0 Å². The number of methoxy groups -OCH3 is 1. The molecule has 2 aromatic carbocycles. The molecule has 4 nitrogen and oxygen atoms in total. The highest BCUT2D eigenvalue weighted by atomic mass is 79.9. The molecule has 3 unspecified atom stereocenters. The van der Waals surface area contributed by atoms with Gasteiger partial charge in [-0.25, -0.2) is 4.98 Å². The van der Waals surface area contributed by atoms with Gasteiger partial charge in [0.15, 0.2) is 0 Å². The van der Waals surface area contributed by atoms with Gasteiger partial charge in [0.25, 0.3) is 0 Å². The highest BCUT2D eigenvalue weighted by Gasteiger charge is 2.47. The van der Waals surface area contributed by atoms with Crippen molar-refractivity contribution in [1.82, 2.24) is 10.3 Å². The summed E-state index contributed by atoms with van der Waals surface area (Å²) in [5, 5.41) is 17.1. The molecule has 1 saturated heterocycles. The molecule has 0 aliphatic carbocycles. The number of fused-ring (bicyclic) bond motifs is 1. The summed E-state index contributed by atoms with van der Waals surface area (Å²) >= 11 is 3.59. The van der Waals surface area contributed by atoms with Crippen molar-refractivity contribution in [1.29, 1.82) is 0 Å². The van der Waals surface area contributed by atoms with Crippen molar-refractivity contribution in [2.75, 3.05) is 20.2 Å². The minimum Gasteiger partial charge on any atom is -0.481 e. The van der Waals surface area contributed by atoms with Crippen molar-refractivity contribution in [3.8, 4) is 5.88 Å². The maximum Gasteiger partial charge on any atom is 0.217 e. The van der Waals surface area contributed by atoms with Crippen LogP contribution in [0.25, 0.3) is 10.9 Å². The number of hydrogen-bond acceptors (Lipinski definition) is 4. The van der Waals surface area contributed by atoms with E-state index < -0.39 is 5.60 Å². The van der Waals surface area contributed by atoms with Gasteiger partial charge in [0, 0.05) is 33.8 Å². The number of rotatable bonds is 8. The Morgan fingerprint density at radius 3 is 2.71 bits per heavy atom. The van der Waals surface area contributed by atoms with Gasteiger partial charge in [0.05, 0.1) is 18.2 Å². The van der Waals surface area contributed by atoms with E-state index in [9.17, 15) is 5.11 Å². The summed E-state index contributed by atoms with van der Waals surface area (Å²) in [6, 6.07) is 16.6. The van der Waals surface area contributed by atoms with Crippen LogP contribution in [0.2, 0.25) is 0 Å². The zero-order chi connectivity index (χ0) is 25.0. The molecule has 0 saturated carbocycles. The number of pyridine rings is 1. The molecule has 4 rings (SSSR count). The maximum atomic E-state index is 12.6.